The molecule has 0 unspecified atom stereocenters. The van der Waals surface area contributed by atoms with Crippen LogP contribution in [-0.4, -0.2) is 0 Å². The van der Waals surface area contributed by atoms with Crippen LogP contribution in [0.25, 0.3) is 43.1 Å². The Bertz CT molecular complexity index is 1310. The number of aryl methyl sites for hydroxylation is 2. The predicted octanol–water partition coefficient (Wildman–Crippen LogP) is 7.65. The van der Waals surface area contributed by atoms with Crippen LogP contribution >= 0.6 is 0 Å². The molecule has 0 saturated heterocycles. The number of rotatable bonds is 0. The molecule has 128 valence electrons. The summed E-state index contributed by atoms with van der Waals surface area (Å²) in [6.07, 6.45) is 0. The Morgan fingerprint density at radius 1 is 0.538 bits per heavy atom. The number of hydrogen-bond acceptors (Lipinski definition) is 0. The average molecular weight is 336 g/mol. The van der Waals surface area contributed by atoms with Crippen LogP contribution in [0.5, 0.6) is 0 Å². The van der Waals surface area contributed by atoms with Gasteiger partial charge >= 0.3 is 0 Å². The fourth-order valence-corrected chi connectivity index (χ4v) is 4.50. The molecule has 0 aliphatic rings. The van der Waals surface area contributed by atoms with Crippen LogP contribution in [0.3, 0.4) is 0 Å². The fraction of sp³-hybridized carbons (Fsp3) is 0.231. The molecule has 0 atom stereocenters. The Labute approximate surface area is 154 Å². The lowest BCUT2D eigenvalue weighted by Crippen LogP contribution is -2.11. The van der Waals surface area contributed by atoms with Gasteiger partial charge in [0, 0.05) is 0 Å². The highest BCUT2D eigenvalue weighted by Gasteiger charge is 2.19. The third kappa shape index (κ3) is 1.96. The maximum absolute atomic E-state index is 2.44. The molecular formula is C26H24. The first-order valence-electron chi connectivity index (χ1n) is 9.47. The number of hydrogen-bond donors (Lipinski definition) is 0. The highest BCUT2D eigenvalue weighted by molar-refractivity contribution is 6.33. The summed E-state index contributed by atoms with van der Waals surface area (Å²) >= 11 is 0. The van der Waals surface area contributed by atoms with Gasteiger partial charge in [-0.3, -0.25) is 0 Å². The van der Waals surface area contributed by atoms with Crippen LogP contribution in [-0.2, 0) is 5.41 Å². The Kier molecular flexibility index (Phi) is 2.99. The minimum absolute atomic E-state index is 0.133. The summed E-state index contributed by atoms with van der Waals surface area (Å²) in [7, 11) is 0. The van der Waals surface area contributed by atoms with Gasteiger partial charge in [-0.2, -0.15) is 0 Å². The van der Waals surface area contributed by atoms with E-state index in [2.05, 4.69) is 89.2 Å². The first-order valence-corrected chi connectivity index (χ1v) is 9.47. The molecule has 5 aromatic rings. The lowest BCUT2D eigenvalue weighted by Gasteiger charge is -2.23. The van der Waals surface area contributed by atoms with Crippen molar-refractivity contribution in [1.29, 1.82) is 0 Å². The molecule has 26 heavy (non-hydrogen) atoms. The molecule has 0 heterocycles. The molecule has 0 aliphatic heterocycles. The van der Waals surface area contributed by atoms with E-state index in [1.807, 2.05) is 0 Å². The van der Waals surface area contributed by atoms with E-state index in [0.29, 0.717) is 0 Å². The minimum atomic E-state index is 0.133. The van der Waals surface area contributed by atoms with Crippen molar-refractivity contribution in [1.82, 2.24) is 0 Å². The summed E-state index contributed by atoms with van der Waals surface area (Å²) in [5.41, 5.74) is 4.25. The monoisotopic (exact) mass is 336 g/mol. The Morgan fingerprint density at radius 2 is 1.04 bits per heavy atom. The molecule has 0 N–H and O–H groups in total. The van der Waals surface area contributed by atoms with Crippen molar-refractivity contribution in [2.24, 2.45) is 0 Å². The maximum atomic E-state index is 2.44. The Hall–Kier alpha value is -2.60. The third-order valence-corrected chi connectivity index (χ3v) is 6.04. The first kappa shape index (κ1) is 15.6. The van der Waals surface area contributed by atoms with E-state index in [1.165, 1.54) is 59.8 Å². The van der Waals surface area contributed by atoms with Crippen molar-refractivity contribution in [3.8, 4) is 0 Å². The molecule has 0 radical (unpaired) electrons. The van der Waals surface area contributed by atoms with Gasteiger partial charge in [0.25, 0.3) is 0 Å². The quantitative estimate of drug-likeness (QED) is 0.201. The van der Waals surface area contributed by atoms with Crippen molar-refractivity contribution in [3.63, 3.8) is 0 Å². The van der Waals surface area contributed by atoms with Gasteiger partial charge in [-0.05, 0) is 85.1 Å². The zero-order chi connectivity index (χ0) is 18.2. The molecule has 0 fully saturated rings. The van der Waals surface area contributed by atoms with Crippen molar-refractivity contribution >= 4 is 43.1 Å². The van der Waals surface area contributed by atoms with Crippen molar-refractivity contribution in [2.45, 2.75) is 40.0 Å². The summed E-state index contributed by atoms with van der Waals surface area (Å²) < 4.78 is 0. The fourth-order valence-electron chi connectivity index (χ4n) is 4.50. The molecule has 0 spiro atoms. The SMILES string of the molecule is Cc1ccc2c3cc(C(C)(C)C)cc4c(C)ccc(c5cccc1c52)c43. The molecule has 5 aromatic carbocycles. The maximum Gasteiger partial charge on any atom is -0.00235 e. The summed E-state index contributed by atoms with van der Waals surface area (Å²) in [5.74, 6) is 0. The standard InChI is InChI=1S/C26H24/c1-15-9-12-21-23-14-17(26(3,4)5)13-22-16(2)10-11-20(25(22)23)19-8-6-7-18(15)24(19)21/h6-14H,1-5H3. The van der Waals surface area contributed by atoms with E-state index < -0.39 is 0 Å². The zero-order valence-corrected chi connectivity index (χ0v) is 16.2. The normalized spacial score (nSPS) is 12.8. The van der Waals surface area contributed by atoms with Crippen molar-refractivity contribution in [3.05, 3.63) is 71.3 Å². The minimum Gasteiger partial charge on any atom is -0.0610 e. The van der Waals surface area contributed by atoms with E-state index in [9.17, 15) is 0 Å². The molecule has 0 nitrogen and oxygen atoms in total. The van der Waals surface area contributed by atoms with Crippen LogP contribution in [0.4, 0.5) is 0 Å². The van der Waals surface area contributed by atoms with Gasteiger partial charge < -0.3 is 0 Å². The topological polar surface area (TPSA) is 0 Å². The van der Waals surface area contributed by atoms with E-state index in [-0.39, 0.29) is 5.41 Å². The number of fused-ring (bicyclic) bond motifs is 2. The molecule has 0 bridgehead atoms. The van der Waals surface area contributed by atoms with E-state index in [0.717, 1.165) is 0 Å². The average Bonchev–Trinajstić information content (AvgIpc) is 2.61. The smallest absolute Gasteiger partial charge is 0.00235 e. The van der Waals surface area contributed by atoms with Gasteiger partial charge in [0.05, 0.1) is 0 Å². The summed E-state index contributed by atoms with van der Waals surface area (Å²) in [6.45, 7) is 11.4. The van der Waals surface area contributed by atoms with E-state index >= 15 is 0 Å². The Morgan fingerprint density at radius 3 is 1.73 bits per heavy atom. The second-order valence-corrected chi connectivity index (χ2v) is 8.78. The zero-order valence-electron chi connectivity index (χ0n) is 16.2. The second kappa shape index (κ2) is 4.98. The van der Waals surface area contributed by atoms with Gasteiger partial charge in [0.1, 0.15) is 0 Å². The lowest BCUT2D eigenvalue weighted by atomic mass is 9.81. The summed E-state index contributed by atoms with van der Waals surface area (Å²) in [4.78, 5) is 0. The highest BCUT2D eigenvalue weighted by Crippen LogP contribution is 2.43. The highest BCUT2D eigenvalue weighted by atomic mass is 14.2. The van der Waals surface area contributed by atoms with Gasteiger partial charge in [0.2, 0.25) is 0 Å². The largest absolute Gasteiger partial charge is 0.0610 e. The van der Waals surface area contributed by atoms with Crippen LogP contribution in [0.15, 0.2) is 54.6 Å². The van der Waals surface area contributed by atoms with Gasteiger partial charge in [-0.1, -0.05) is 69.3 Å². The van der Waals surface area contributed by atoms with Crippen molar-refractivity contribution in [2.75, 3.05) is 0 Å². The molecule has 0 aromatic heterocycles. The van der Waals surface area contributed by atoms with Gasteiger partial charge in [-0.25, -0.2) is 0 Å². The second-order valence-electron chi connectivity index (χ2n) is 8.78. The molecule has 0 saturated carbocycles. The van der Waals surface area contributed by atoms with E-state index in [4.69, 9.17) is 0 Å². The summed E-state index contributed by atoms with van der Waals surface area (Å²) in [6, 6.07) is 20.8. The molecule has 0 heteroatoms. The molecule has 0 amide bonds. The van der Waals surface area contributed by atoms with Gasteiger partial charge in [-0.15, -0.1) is 0 Å². The summed E-state index contributed by atoms with van der Waals surface area (Å²) in [5, 5.41) is 11.1. The first-order chi connectivity index (χ1) is 12.4. The Balaban J connectivity index is 2.18. The lowest BCUT2D eigenvalue weighted by molar-refractivity contribution is 0.592. The molecule has 5 rings (SSSR count). The van der Waals surface area contributed by atoms with E-state index in [1.54, 1.807) is 0 Å². The van der Waals surface area contributed by atoms with Crippen LogP contribution in [0, 0.1) is 13.8 Å². The van der Waals surface area contributed by atoms with Gasteiger partial charge in [0.15, 0.2) is 0 Å². The molecular weight excluding hydrogens is 312 g/mol. The van der Waals surface area contributed by atoms with Crippen LogP contribution in [0.1, 0.15) is 37.5 Å². The number of benzene rings is 5. The molecule has 0 aliphatic carbocycles. The van der Waals surface area contributed by atoms with Crippen LogP contribution < -0.4 is 0 Å². The third-order valence-electron chi connectivity index (χ3n) is 6.04. The van der Waals surface area contributed by atoms with Crippen molar-refractivity contribution < 1.29 is 0 Å². The predicted molar refractivity (Wildman–Crippen MR) is 116 cm³/mol. The van der Waals surface area contributed by atoms with Crippen LogP contribution in [0.2, 0.25) is 0 Å².